The van der Waals surface area contributed by atoms with Crippen LogP contribution in [0, 0.1) is 0 Å². The van der Waals surface area contributed by atoms with Crippen LogP contribution in [0.1, 0.15) is 0 Å². The Bertz CT molecular complexity index is 2790. The van der Waals surface area contributed by atoms with Gasteiger partial charge >= 0.3 is 0 Å². The van der Waals surface area contributed by atoms with Crippen LogP contribution in [-0.4, -0.2) is 4.98 Å². The van der Waals surface area contributed by atoms with Gasteiger partial charge in [0.1, 0.15) is 11.2 Å². The number of fused-ring (bicyclic) bond motifs is 8. The summed E-state index contributed by atoms with van der Waals surface area (Å²) < 4.78 is 6.62. The van der Waals surface area contributed by atoms with Crippen LogP contribution in [0.4, 0.5) is 0 Å². The lowest BCUT2D eigenvalue weighted by molar-refractivity contribution is 0.673. The molecule has 0 N–H and O–H groups in total. The number of furan rings is 1. The molecule has 0 fully saturated rings. The van der Waals surface area contributed by atoms with Crippen LogP contribution in [0.2, 0.25) is 0 Å². The summed E-state index contributed by atoms with van der Waals surface area (Å²) in [6.07, 6.45) is 3.72. The first-order valence-electron chi connectivity index (χ1n) is 16.0. The van der Waals surface area contributed by atoms with Gasteiger partial charge in [-0.25, -0.2) is 0 Å². The molecule has 0 bridgehead atoms. The molecule has 0 unspecified atom stereocenters. The summed E-state index contributed by atoms with van der Waals surface area (Å²) in [5.74, 6) is 0. The van der Waals surface area contributed by atoms with Crippen molar-refractivity contribution in [3.8, 4) is 33.4 Å². The highest BCUT2D eigenvalue weighted by molar-refractivity contribution is 6.24. The zero-order chi connectivity index (χ0) is 30.9. The molecule has 218 valence electrons. The predicted molar refractivity (Wildman–Crippen MR) is 198 cm³/mol. The van der Waals surface area contributed by atoms with E-state index >= 15 is 0 Å². The number of nitrogens with zero attached hydrogens (tertiary/aromatic N) is 1. The lowest BCUT2D eigenvalue weighted by Crippen LogP contribution is -1.91. The SMILES string of the molecule is c1ccc2cc(-c3c4ccccc4c(-c4ccc5oc6c7ccccc7c(-c7ccncc7)cc6c5c4)c4ccccc34)ccc2c1. The monoisotopic (exact) mass is 597 g/mol. The van der Waals surface area contributed by atoms with Gasteiger partial charge in [0.05, 0.1) is 0 Å². The Morgan fingerprint density at radius 2 is 0.915 bits per heavy atom. The Balaban J connectivity index is 1.27. The average Bonchev–Trinajstić information content (AvgIpc) is 3.51. The lowest BCUT2D eigenvalue weighted by Gasteiger charge is -2.18. The van der Waals surface area contributed by atoms with Crippen LogP contribution in [0.5, 0.6) is 0 Å². The van der Waals surface area contributed by atoms with Crippen molar-refractivity contribution in [2.75, 3.05) is 0 Å². The summed E-state index contributed by atoms with van der Waals surface area (Å²) in [5.41, 5.74) is 9.06. The van der Waals surface area contributed by atoms with Crippen molar-refractivity contribution < 1.29 is 4.42 Å². The Morgan fingerprint density at radius 1 is 0.362 bits per heavy atom. The maximum absolute atomic E-state index is 6.62. The largest absolute Gasteiger partial charge is 0.455 e. The second-order valence-corrected chi connectivity index (χ2v) is 12.3. The van der Waals surface area contributed by atoms with E-state index in [4.69, 9.17) is 4.42 Å². The fraction of sp³-hybridized carbons (Fsp3) is 0. The van der Waals surface area contributed by atoms with Gasteiger partial charge in [0, 0.05) is 28.6 Å². The Hall–Kier alpha value is -6.25. The van der Waals surface area contributed by atoms with Gasteiger partial charge in [-0.3, -0.25) is 4.98 Å². The third-order valence-corrected chi connectivity index (χ3v) is 9.73. The molecule has 2 heteroatoms. The van der Waals surface area contributed by atoms with E-state index in [1.165, 1.54) is 65.5 Å². The van der Waals surface area contributed by atoms with Crippen molar-refractivity contribution in [2.45, 2.75) is 0 Å². The van der Waals surface area contributed by atoms with Gasteiger partial charge in [0.25, 0.3) is 0 Å². The molecular weight excluding hydrogens is 571 g/mol. The molecule has 0 saturated heterocycles. The number of aromatic nitrogens is 1. The third kappa shape index (κ3) is 3.95. The predicted octanol–water partition coefficient (Wildman–Crippen LogP) is 12.6. The van der Waals surface area contributed by atoms with E-state index in [9.17, 15) is 0 Å². The van der Waals surface area contributed by atoms with Crippen LogP contribution in [0.3, 0.4) is 0 Å². The molecule has 8 aromatic carbocycles. The molecule has 2 nitrogen and oxygen atoms in total. The Kier molecular flexibility index (Phi) is 5.61. The van der Waals surface area contributed by atoms with Gasteiger partial charge in [0.15, 0.2) is 0 Å². The van der Waals surface area contributed by atoms with E-state index in [0.717, 1.165) is 32.9 Å². The van der Waals surface area contributed by atoms with Crippen molar-refractivity contribution in [2.24, 2.45) is 0 Å². The van der Waals surface area contributed by atoms with Gasteiger partial charge in [-0.15, -0.1) is 0 Å². The second-order valence-electron chi connectivity index (χ2n) is 12.3. The maximum Gasteiger partial charge on any atom is 0.143 e. The van der Waals surface area contributed by atoms with E-state index in [0.29, 0.717) is 0 Å². The molecule has 2 aromatic heterocycles. The molecule has 10 rings (SSSR count). The maximum atomic E-state index is 6.62. The van der Waals surface area contributed by atoms with Crippen LogP contribution >= 0.6 is 0 Å². The minimum atomic E-state index is 0.891. The topological polar surface area (TPSA) is 26.0 Å². The molecule has 0 aliphatic heterocycles. The number of pyridine rings is 1. The molecule has 10 aromatic rings. The van der Waals surface area contributed by atoms with E-state index < -0.39 is 0 Å². The molecule has 2 heterocycles. The zero-order valence-electron chi connectivity index (χ0n) is 25.4. The first-order chi connectivity index (χ1) is 23.3. The standard InChI is InChI=1S/C45H27NO/c1-2-10-30-25-31(18-17-28(30)9-1)43-34-12-4-6-14-36(34)44(37-15-7-5-13-35(37)43)32-19-20-42-40(26-32)41-27-39(29-21-23-46-24-22-29)33-11-3-8-16-38(33)45(41)47-42/h1-27H. The summed E-state index contributed by atoms with van der Waals surface area (Å²) in [5, 5.41) is 12.0. The molecule has 0 spiro atoms. The van der Waals surface area contributed by atoms with Gasteiger partial charge in [-0.2, -0.15) is 0 Å². The second kappa shape index (κ2) is 10.1. The fourth-order valence-corrected chi connectivity index (χ4v) is 7.62. The smallest absolute Gasteiger partial charge is 0.143 e. The van der Waals surface area contributed by atoms with E-state index in [2.05, 4.69) is 157 Å². The normalized spacial score (nSPS) is 11.8. The summed E-state index contributed by atoms with van der Waals surface area (Å²) in [7, 11) is 0. The molecule has 0 aliphatic rings. The number of rotatable bonds is 3. The van der Waals surface area contributed by atoms with E-state index in [1.807, 2.05) is 12.4 Å². The number of hydrogen-bond acceptors (Lipinski definition) is 2. The quantitative estimate of drug-likeness (QED) is 0.189. The molecule has 0 radical (unpaired) electrons. The Morgan fingerprint density at radius 3 is 1.60 bits per heavy atom. The van der Waals surface area contributed by atoms with E-state index in [-0.39, 0.29) is 0 Å². The van der Waals surface area contributed by atoms with Crippen molar-refractivity contribution >= 4 is 65.0 Å². The lowest BCUT2D eigenvalue weighted by atomic mass is 9.85. The van der Waals surface area contributed by atoms with Crippen LogP contribution in [0.25, 0.3) is 98.4 Å². The van der Waals surface area contributed by atoms with Crippen LogP contribution < -0.4 is 0 Å². The van der Waals surface area contributed by atoms with Crippen molar-refractivity contribution in [1.29, 1.82) is 0 Å². The molecule has 47 heavy (non-hydrogen) atoms. The van der Waals surface area contributed by atoms with Crippen LogP contribution in [0.15, 0.2) is 168 Å². The third-order valence-electron chi connectivity index (χ3n) is 9.73. The van der Waals surface area contributed by atoms with Gasteiger partial charge in [-0.05, 0) is 107 Å². The first-order valence-corrected chi connectivity index (χ1v) is 16.0. The number of benzene rings is 8. The molecule has 0 atom stereocenters. The van der Waals surface area contributed by atoms with Gasteiger partial charge in [-0.1, -0.05) is 115 Å². The fourth-order valence-electron chi connectivity index (χ4n) is 7.62. The minimum Gasteiger partial charge on any atom is -0.455 e. The highest BCUT2D eigenvalue weighted by Gasteiger charge is 2.19. The first kappa shape index (κ1) is 26.0. The minimum absolute atomic E-state index is 0.891. The van der Waals surface area contributed by atoms with Gasteiger partial charge in [0.2, 0.25) is 0 Å². The average molecular weight is 598 g/mol. The summed E-state index contributed by atoms with van der Waals surface area (Å²) in [6.45, 7) is 0. The van der Waals surface area contributed by atoms with Crippen LogP contribution in [-0.2, 0) is 0 Å². The van der Waals surface area contributed by atoms with E-state index in [1.54, 1.807) is 0 Å². The number of hydrogen-bond donors (Lipinski definition) is 0. The summed E-state index contributed by atoms with van der Waals surface area (Å²) >= 11 is 0. The summed E-state index contributed by atoms with van der Waals surface area (Å²) in [6, 6.07) is 54.8. The molecule has 0 saturated carbocycles. The summed E-state index contributed by atoms with van der Waals surface area (Å²) in [4.78, 5) is 4.27. The highest BCUT2D eigenvalue weighted by atomic mass is 16.3. The van der Waals surface area contributed by atoms with Crippen molar-refractivity contribution in [1.82, 2.24) is 4.98 Å². The molecular formula is C45H27NO. The van der Waals surface area contributed by atoms with Gasteiger partial charge < -0.3 is 4.42 Å². The zero-order valence-corrected chi connectivity index (χ0v) is 25.4. The molecule has 0 aliphatic carbocycles. The van der Waals surface area contributed by atoms with Crippen molar-refractivity contribution in [3.63, 3.8) is 0 Å². The highest BCUT2D eigenvalue weighted by Crippen LogP contribution is 2.46. The van der Waals surface area contributed by atoms with Crippen molar-refractivity contribution in [3.05, 3.63) is 164 Å². The Labute approximate surface area is 271 Å². The molecule has 0 amide bonds.